The van der Waals surface area contributed by atoms with E-state index in [0.717, 1.165) is 0 Å². The fourth-order valence-electron chi connectivity index (χ4n) is 1.24. The highest BCUT2D eigenvalue weighted by Crippen LogP contribution is 2.09. The third-order valence-corrected chi connectivity index (χ3v) is 1.84. The van der Waals surface area contributed by atoms with Gasteiger partial charge < -0.3 is 15.2 Å². The number of aliphatic hydroxyl groups is 1. The topological polar surface area (TPSA) is 58.6 Å². The summed E-state index contributed by atoms with van der Waals surface area (Å²) in [7, 11) is 1.37. The fraction of sp³-hybridized carbons (Fsp3) is 0.857. The highest BCUT2D eigenvalue weighted by atomic mass is 16.5. The molecule has 0 aromatic heterocycles. The van der Waals surface area contributed by atoms with E-state index in [4.69, 9.17) is 5.11 Å². The Morgan fingerprint density at radius 1 is 1.82 bits per heavy atom. The smallest absolute Gasteiger partial charge is 0.307 e. The predicted molar refractivity (Wildman–Crippen MR) is 39.0 cm³/mol. The summed E-state index contributed by atoms with van der Waals surface area (Å²) in [6.07, 6.45) is 0.701. The van der Waals surface area contributed by atoms with Crippen LogP contribution in [-0.4, -0.2) is 36.9 Å². The van der Waals surface area contributed by atoms with Gasteiger partial charge in [-0.15, -0.1) is 0 Å². The van der Waals surface area contributed by atoms with Crippen LogP contribution in [0.5, 0.6) is 0 Å². The molecule has 1 heterocycles. The second kappa shape index (κ2) is 3.69. The normalized spacial score (nSPS) is 30.4. The predicted octanol–water partition coefficient (Wildman–Crippen LogP) is -0.728. The molecule has 1 aliphatic heterocycles. The number of hydrogen-bond acceptors (Lipinski definition) is 4. The first-order valence-electron chi connectivity index (χ1n) is 3.70. The summed E-state index contributed by atoms with van der Waals surface area (Å²) in [6.45, 7) is 0.585. The number of ether oxygens (including phenoxy) is 1. The van der Waals surface area contributed by atoms with Crippen molar-refractivity contribution in [2.24, 2.45) is 0 Å². The standard InChI is InChI=1S/C7H13NO3/c1-11-7(10)3-5-2-6(9)4-8-5/h5-6,8-9H,2-4H2,1H3/t5-,6-/m1/s1. The SMILES string of the molecule is COC(=O)C[C@H]1C[C@@H](O)CN1. The van der Waals surface area contributed by atoms with Gasteiger partial charge in [-0.2, -0.15) is 0 Å². The summed E-state index contributed by atoms with van der Waals surface area (Å²) in [6, 6.07) is 0.0949. The largest absolute Gasteiger partial charge is 0.469 e. The minimum absolute atomic E-state index is 0.0949. The van der Waals surface area contributed by atoms with E-state index in [-0.39, 0.29) is 18.1 Å². The van der Waals surface area contributed by atoms with E-state index in [1.807, 2.05) is 0 Å². The van der Waals surface area contributed by atoms with Crippen molar-refractivity contribution >= 4 is 5.97 Å². The van der Waals surface area contributed by atoms with E-state index in [1.54, 1.807) is 0 Å². The average molecular weight is 159 g/mol. The Morgan fingerprint density at radius 2 is 2.55 bits per heavy atom. The van der Waals surface area contributed by atoms with Crippen molar-refractivity contribution in [3.05, 3.63) is 0 Å². The van der Waals surface area contributed by atoms with E-state index < -0.39 is 0 Å². The lowest BCUT2D eigenvalue weighted by molar-refractivity contribution is -0.141. The summed E-state index contributed by atoms with van der Waals surface area (Å²) in [4.78, 5) is 10.7. The lowest BCUT2D eigenvalue weighted by Gasteiger charge is -2.06. The lowest BCUT2D eigenvalue weighted by Crippen LogP contribution is -2.25. The molecule has 1 saturated heterocycles. The van der Waals surface area contributed by atoms with Crippen LogP contribution in [-0.2, 0) is 9.53 Å². The number of carbonyl (C=O) groups excluding carboxylic acids is 1. The molecule has 1 fully saturated rings. The minimum Gasteiger partial charge on any atom is -0.469 e. The molecule has 2 atom stereocenters. The maximum atomic E-state index is 10.7. The lowest BCUT2D eigenvalue weighted by atomic mass is 10.1. The molecule has 0 saturated carbocycles. The third kappa shape index (κ3) is 2.48. The maximum Gasteiger partial charge on any atom is 0.307 e. The molecular formula is C7H13NO3. The van der Waals surface area contributed by atoms with Gasteiger partial charge in [-0.25, -0.2) is 0 Å². The number of aliphatic hydroxyl groups excluding tert-OH is 1. The Balaban J connectivity index is 2.23. The van der Waals surface area contributed by atoms with Crippen LogP contribution in [0.2, 0.25) is 0 Å². The molecular weight excluding hydrogens is 146 g/mol. The summed E-state index contributed by atoms with van der Waals surface area (Å²) in [5, 5.41) is 12.1. The number of methoxy groups -OCH3 is 1. The van der Waals surface area contributed by atoms with Gasteiger partial charge in [0, 0.05) is 12.6 Å². The molecule has 0 aromatic carbocycles. The van der Waals surface area contributed by atoms with Gasteiger partial charge >= 0.3 is 5.97 Å². The second-order valence-electron chi connectivity index (χ2n) is 2.77. The molecule has 64 valence electrons. The van der Waals surface area contributed by atoms with Crippen LogP contribution in [0, 0.1) is 0 Å². The first-order chi connectivity index (χ1) is 5.22. The first kappa shape index (κ1) is 8.49. The zero-order chi connectivity index (χ0) is 8.27. The second-order valence-corrected chi connectivity index (χ2v) is 2.77. The number of nitrogens with one attached hydrogen (secondary N) is 1. The molecule has 4 heteroatoms. The van der Waals surface area contributed by atoms with Gasteiger partial charge in [0.05, 0.1) is 19.6 Å². The Hall–Kier alpha value is -0.610. The van der Waals surface area contributed by atoms with Gasteiger partial charge in [0.1, 0.15) is 0 Å². The molecule has 1 rings (SSSR count). The van der Waals surface area contributed by atoms with Crippen LogP contribution in [0.4, 0.5) is 0 Å². The molecule has 0 unspecified atom stereocenters. The molecule has 0 amide bonds. The van der Waals surface area contributed by atoms with Gasteiger partial charge in [-0.3, -0.25) is 4.79 Å². The van der Waals surface area contributed by atoms with Crippen molar-refractivity contribution in [3.63, 3.8) is 0 Å². The molecule has 4 nitrogen and oxygen atoms in total. The molecule has 11 heavy (non-hydrogen) atoms. The molecule has 0 aliphatic carbocycles. The highest BCUT2D eigenvalue weighted by molar-refractivity contribution is 5.69. The molecule has 2 N–H and O–H groups in total. The fourth-order valence-corrected chi connectivity index (χ4v) is 1.24. The number of β-amino-alcohol motifs (C(OH)–C–C–N with tert-alkyl or cyclic N) is 1. The van der Waals surface area contributed by atoms with Gasteiger partial charge in [0.2, 0.25) is 0 Å². The van der Waals surface area contributed by atoms with Gasteiger partial charge in [-0.1, -0.05) is 0 Å². The van der Waals surface area contributed by atoms with Crippen LogP contribution >= 0.6 is 0 Å². The molecule has 0 aromatic rings. The van der Waals surface area contributed by atoms with E-state index >= 15 is 0 Å². The van der Waals surface area contributed by atoms with Gasteiger partial charge in [0.15, 0.2) is 0 Å². The number of hydrogen-bond donors (Lipinski definition) is 2. The van der Waals surface area contributed by atoms with Crippen molar-refractivity contribution in [2.45, 2.75) is 25.0 Å². The Morgan fingerprint density at radius 3 is 3.00 bits per heavy atom. The zero-order valence-corrected chi connectivity index (χ0v) is 6.54. The van der Waals surface area contributed by atoms with Crippen LogP contribution in [0.25, 0.3) is 0 Å². The monoisotopic (exact) mass is 159 g/mol. The van der Waals surface area contributed by atoms with E-state index in [9.17, 15) is 4.79 Å². The van der Waals surface area contributed by atoms with Gasteiger partial charge in [0.25, 0.3) is 0 Å². The molecule has 1 aliphatic rings. The average Bonchev–Trinajstić information content (AvgIpc) is 2.35. The molecule has 0 radical (unpaired) electrons. The van der Waals surface area contributed by atoms with Crippen molar-refractivity contribution < 1.29 is 14.6 Å². The summed E-state index contributed by atoms with van der Waals surface area (Å²) in [5.41, 5.74) is 0. The molecule has 0 bridgehead atoms. The van der Waals surface area contributed by atoms with E-state index in [2.05, 4.69) is 10.1 Å². The summed E-state index contributed by atoms with van der Waals surface area (Å²) >= 11 is 0. The Bertz CT molecular complexity index is 149. The minimum atomic E-state index is -0.301. The molecule has 0 spiro atoms. The number of esters is 1. The number of carbonyl (C=O) groups is 1. The van der Waals surface area contributed by atoms with Crippen LogP contribution in [0.15, 0.2) is 0 Å². The van der Waals surface area contributed by atoms with Gasteiger partial charge in [-0.05, 0) is 6.42 Å². The number of rotatable bonds is 2. The highest BCUT2D eigenvalue weighted by Gasteiger charge is 2.24. The van der Waals surface area contributed by atoms with Crippen LogP contribution < -0.4 is 5.32 Å². The van der Waals surface area contributed by atoms with Crippen molar-refractivity contribution in [1.82, 2.24) is 5.32 Å². The quantitative estimate of drug-likeness (QED) is 0.522. The van der Waals surface area contributed by atoms with Crippen LogP contribution in [0.3, 0.4) is 0 Å². The maximum absolute atomic E-state index is 10.7. The Kier molecular flexibility index (Phi) is 2.84. The van der Waals surface area contributed by atoms with Crippen LogP contribution in [0.1, 0.15) is 12.8 Å². The van der Waals surface area contributed by atoms with Crippen molar-refractivity contribution in [3.8, 4) is 0 Å². The Labute approximate surface area is 65.5 Å². The third-order valence-electron chi connectivity index (χ3n) is 1.84. The summed E-state index contributed by atoms with van der Waals surface area (Å²) in [5.74, 6) is -0.225. The van der Waals surface area contributed by atoms with E-state index in [0.29, 0.717) is 19.4 Å². The van der Waals surface area contributed by atoms with E-state index in [1.165, 1.54) is 7.11 Å². The zero-order valence-electron chi connectivity index (χ0n) is 6.54. The van der Waals surface area contributed by atoms with Crippen molar-refractivity contribution in [2.75, 3.05) is 13.7 Å². The first-order valence-corrected chi connectivity index (χ1v) is 3.70. The van der Waals surface area contributed by atoms with Crippen molar-refractivity contribution in [1.29, 1.82) is 0 Å². The summed E-state index contributed by atoms with van der Waals surface area (Å²) < 4.78 is 4.49.